The van der Waals surface area contributed by atoms with E-state index in [1.165, 1.54) is 0 Å². The number of nitriles is 1. The number of carboxylic acid groups (broad SMARTS) is 1. The van der Waals surface area contributed by atoms with Crippen LogP contribution in [0.25, 0.3) is 11.1 Å². The zero-order valence-corrected chi connectivity index (χ0v) is 19.8. The number of nitrogens with zero attached hydrogens (tertiary/aromatic N) is 1. The molecule has 2 aromatic rings. The molecule has 184 valence electrons. The number of rotatable bonds is 12. The number of unbranched alkanes of at least 4 members (excludes halogenated alkanes) is 2. The summed E-state index contributed by atoms with van der Waals surface area (Å²) in [6, 6.07) is 16.1. The summed E-state index contributed by atoms with van der Waals surface area (Å²) in [5.41, 5.74) is 4.39. The Morgan fingerprint density at radius 3 is 2.17 bits per heavy atom. The number of ether oxygens (including phenoxy) is 1. The fourth-order valence-corrected chi connectivity index (χ4v) is 4.42. The van der Waals surface area contributed by atoms with Crippen LogP contribution in [0.5, 0.6) is 0 Å². The molecule has 0 radical (unpaired) electrons. The van der Waals surface area contributed by atoms with E-state index >= 15 is 0 Å². The van der Waals surface area contributed by atoms with Crippen LogP contribution in [0.1, 0.15) is 62.5 Å². The van der Waals surface area contributed by atoms with Gasteiger partial charge in [0.2, 0.25) is 5.91 Å². The van der Waals surface area contributed by atoms with Crippen molar-refractivity contribution in [2.24, 2.45) is 0 Å². The number of nitrogens with one attached hydrogen (secondary N) is 2. The molecule has 0 saturated heterocycles. The van der Waals surface area contributed by atoms with Crippen LogP contribution < -0.4 is 10.6 Å². The number of carbonyl (C=O) groups excluding carboxylic acids is 2. The zero-order valence-electron chi connectivity index (χ0n) is 19.8. The molecule has 0 heterocycles. The van der Waals surface area contributed by atoms with E-state index in [0.717, 1.165) is 22.3 Å². The number of hydrogen-bond acceptors (Lipinski definition) is 5. The summed E-state index contributed by atoms with van der Waals surface area (Å²) in [5.74, 6) is -1.81. The molecule has 0 bridgehead atoms. The number of carboxylic acids is 1. The molecule has 35 heavy (non-hydrogen) atoms. The van der Waals surface area contributed by atoms with Crippen LogP contribution in [0.4, 0.5) is 4.79 Å². The average molecular weight is 478 g/mol. The highest BCUT2D eigenvalue weighted by Gasteiger charge is 2.30. The minimum Gasteiger partial charge on any atom is -0.480 e. The van der Waals surface area contributed by atoms with Gasteiger partial charge in [-0.3, -0.25) is 4.79 Å². The van der Waals surface area contributed by atoms with Crippen molar-refractivity contribution in [1.82, 2.24) is 10.6 Å². The summed E-state index contributed by atoms with van der Waals surface area (Å²) in [6.45, 7) is 1.94. The molecule has 0 saturated carbocycles. The van der Waals surface area contributed by atoms with Crippen molar-refractivity contribution in [3.8, 4) is 17.2 Å². The maximum absolute atomic E-state index is 12.8. The molecular weight excluding hydrogens is 446 g/mol. The van der Waals surface area contributed by atoms with E-state index in [1.54, 1.807) is 0 Å². The Morgan fingerprint density at radius 2 is 1.60 bits per heavy atom. The molecule has 2 aromatic carbocycles. The predicted octanol–water partition coefficient (Wildman–Crippen LogP) is 4.35. The van der Waals surface area contributed by atoms with Crippen molar-refractivity contribution < 1.29 is 24.2 Å². The normalized spacial score (nSPS) is 13.6. The highest BCUT2D eigenvalue weighted by atomic mass is 16.5. The van der Waals surface area contributed by atoms with Crippen LogP contribution in [-0.4, -0.2) is 41.8 Å². The minimum absolute atomic E-state index is 0.107. The SMILES string of the molecule is CCC[C@@H](NC(=O)C(CCCCC#N)NC(=O)OCC1c2ccccc2-c2ccccc21)C(=O)O. The Hall–Kier alpha value is -3.86. The number of benzene rings is 2. The fourth-order valence-electron chi connectivity index (χ4n) is 4.42. The van der Waals surface area contributed by atoms with Gasteiger partial charge >= 0.3 is 12.1 Å². The fraction of sp³-hybridized carbons (Fsp3) is 0.407. The molecule has 8 nitrogen and oxygen atoms in total. The summed E-state index contributed by atoms with van der Waals surface area (Å²) < 4.78 is 5.55. The molecule has 3 N–H and O–H groups in total. The first-order chi connectivity index (χ1) is 17.0. The molecule has 2 amide bonds. The molecule has 2 atom stereocenters. The molecular formula is C27H31N3O5. The Balaban J connectivity index is 1.65. The standard InChI is InChI=1S/C27H31N3O5/c1-2-10-24(26(32)33)29-25(31)23(15-4-3-9-16-28)30-27(34)35-17-22-20-13-7-5-11-18(20)19-12-6-8-14-21(19)22/h5-8,11-14,22-24H,2-4,9-10,15,17H2,1H3,(H,29,31)(H,30,34)(H,32,33)/t23?,24-/m1/s1. The molecule has 8 heteroatoms. The lowest BCUT2D eigenvalue weighted by Crippen LogP contribution is -2.51. The third-order valence-corrected chi connectivity index (χ3v) is 6.18. The number of fused-ring (bicyclic) bond motifs is 3. The van der Waals surface area contributed by atoms with E-state index in [9.17, 15) is 19.5 Å². The van der Waals surface area contributed by atoms with Crippen LogP contribution in [0, 0.1) is 11.3 Å². The second-order valence-electron chi connectivity index (χ2n) is 8.61. The largest absolute Gasteiger partial charge is 0.480 e. The summed E-state index contributed by atoms with van der Waals surface area (Å²) >= 11 is 0. The van der Waals surface area contributed by atoms with E-state index < -0.39 is 30.1 Å². The van der Waals surface area contributed by atoms with Gasteiger partial charge < -0.3 is 20.5 Å². The zero-order chi connectivity index (χ0) is 25.2. The van der Waals surface area contributed by atoms with Gasteiger partial charge in [0.25, 0.3) is 0 Å². The van der Waals surface area contributed by atoms with E-state index in [4.69, 9.17) is 10.00 Å². The van der Waals surface area contributed by atoms with Crippen molar-refractivity contribution >= 4 is 18.0 Å². The smallest absolute Gasteiger partial charge is 0.407 e. The minimum atomic E-state index is -1.12. The monoisotopic (exact) mass is 477 g/mol. The molecule has 1 unspecified atom stereocenters. The maximum Gasteiger partial charge on any atom is 0.407 e. The third kappa shape index (κ3) is 6.60. The number of amides is 2. The molecule has 0 fully saturated rings. The van der Waals surface area contributed by atoms with Crippen LogP contribution in [0.3, 0.4) is 0 Å². The first-order valence-corrected chi connectivity index (χ1v) is 12.0. The molecule has 0 spiro atoms. The van der Waals surface area contributed by atoms with Gasteiger partial charge in [0, 0.05) is 12.3 Å². The van der Waals surface area contributed by atoms with Gasteiger partial charge in [-0.05, 0) is 47.9 Å². The molecule has 1 aliphatic rings. The Labute approximate surface area is 205 Å². The van der Waals surface area contributed by atoms with Crippen molar-refractivity contribution in [3.05, 3.63) is 59.7 Å². The molecule has 0 aliphatic heterocycles. The summed E-state index contributed by atoms with van der Waals surface area (Å²) in [5, 5.41) is 23.2. The second-order valence-corrected chi connectivity index (χ2v) is 8.61. The van der Waals surface area contributed by atoms with Crippen molar-refractivity contribution in [3.63, 3.8) is 0 Å². The highest BCUT2D eigenvalue weighted by Crippen LogP contribution is 2.44. The quantitative estimate of drug-likeness (QED) is 0.390. The van der Waals surface area contributed by atoms with Gasteiger partial charge in [-0.15, -0.1) is 0 Å². The summed E-state index contributed by atoms with van der Waals surface area (Å²) in [6.07, 6.45) is 1.85. The van der Waals surface area contributed by atoms with E-state index in [2.05, 4.69) is 16.7 Å². The summed E-state index contributed by atoms with van der Waals surface area (Å²) in [7, 11) is 0. The van der Waals surface area contributed by atoms with Crippen molar-refractivity contribution in [2.75, 3.05) is 6.61 Å². The lowest BCUT2D eigenvalue weighted by Gasteiger charge is -2.22. The first-order valence-electron chi connectivity index (χ1n) is 12.0. The van der Waals surface area contributed by atoms with Crippen molar-refractivity contribution in [1.29, 1.82) is 5.26 Å². The maximum atomic E-state index is 12.8. The first kappa shape index (κ1) is 25.8. The van der Waals surface area contributed by atoms with Gasteiger partial charge in [-0.25, -0.2) is 9.59 Å². The number of hydrogen-bond donors (Lipinski definition) is 3. The Kier molecular flexibility index (Phi) is 9.24. The molecule has 1 aliphatic carbocycles. The van der Waals surface area contributed by atoms with Gasteiger partial charge in [0.05, 0.1) is 6.07 Å². The number of aliphatic carboxylic acids is 1. The van der Waals surface area contributed by atoms with Crippen LogP contribution >= 0.6 is 0 Å². The Morgan fingerprint density at radius 1 is 0.971 bits per heavy atom. The van der Waals surface area contributed by atoms with Crippen LogP contribution in [-0.2, 0) is 14.3 Å². The van der Waals surface area contributed by atoms with E-state index in [1.807, 2.05) is 55.5 Å². The van der Waals surface area contributed by atoms with Gasteiger partial charge in [-0.2, -0.15) is 5.26 Å². The lowest BCUT2D eigenvalue weighted by molar-refractivity contribution is -0.142. The van der Waals surface area contributed by atoms with E-state index in [-0.39, 0.29) is 25.4 Å². The van der Waals surface area contributed by atoms with Crippen LogP contribution in [0.2, 0.25) is 0 Å². The molecule has 0 aromatic heterocycles. The molecule has 3 rings (SSSR count). The highest BCUT2D eigenvalue weighted by molar-refractivity contribution is 5.89. The van der Waals surface area contributed by atoms with Crippen LogP contribution in [0.15, 0.2) is 48.5 Å². The van der Waals surface area contributed by atoms with Gasteiger partial charge in [-0.1, -0.05) is 61.9 Å². The Bertz CT molecular complexity index is 1050. The van der Waals surface area contributed by atoms with Gasteiger partial charge in [0.15, 0.2) is 0 Å². The van der Waals surface area contributed by atoms with E-state index in [0.29, 0.717) is 25.7 Å². The third-order valence-electron chi connectivity index (χ3n) is 6.18. The number of alkyl carbamates (subject to hydrolysis) is 1. The number of carbonyl (C=O) groups is 3. The van der Waals surface area contributed by atoms with Gasteiger partial charge in [0.1, 0.15) is 18.7 Å². The summed E-state index contributed by atoms with van der Waals surface area (Å²) in [4.78, 5) is 37.0. The predicted molar refractivity (Wildman–Crippen MR) is 131 cm³/mol. The topological polar surface area (TPSA) is 129 Å². The second kappa shape index (κ2) is 12.6. The average Bonchev–Trinajstić information content (AvgIpc) is 3.18. The lowest BCUT2D eigenvalue weighted by atomic mass is 9.98. The van der Waals surface area contributed by atoms with Crippen molar-refractivity contribution in [2.45, 2.75) is 63.5 Å².